The lowest BCUT2D eigenvalue weighted by atomic mass is 9.90. The Kier molecular flexibility index (Phi) is 4.59. The van der Waals surface area contributed by atoms with E-state index >= 15 is 0 Å². The second-order valence-corrected chi connectivity index (χ2v) is 6.88. The second kappa shape index (κ2) is 7.19. The van der Waals surface area contributed by atoms with Gasteiger partial charge >= 0.3 is 5.97 Å². The Hall–Kier alpha value is -3.21. The number of pyridine rings is 1. The van der Waals surface area contributed by atoms with Gasteiger partial charge in [0.2, 0.25) is 5.91 Å². The molecule has 1 atom stereocenters. The van der Waals surface area contributed by atoms with Gasteiger partial charge in [0.1, 0.15) is 0 Å². The molecule has 0 radical (unpaired) electrons. The largest absolute Gasteiger partial charge is 0.481 e. The van der Waals surface area contributed by atoms with Crippen LogP contribution in [0.3, 0.4) is 0 Å². The topological polar surface area (TPSA) is 70.5 Å². The van der Waals surface area contributed by atoms with Gasteiger partial charge in [-0.1, -0.05) is 42.5 Å². The van der Waals surface area contributed by atoms with Gasteiger partial charge in [-0.15, -0.1) is 0 Å². The van der Waals surface area contributed by atoms with E-state index in [4.69, 9.17) is 0 Å². The van der Waals surface area contributed by atoms with Gasteiger partial charge in [-0.25, -0.2) is 0 Å². The van der Waals surface area contributed by atoms with Crippen molar-refractivity contribution in [2.75, 3.05) is 6.54 Å². The summed E-state index contributed by atoms with van der Waals surface area (Å²) in [6.45, 7) is 0.547. The maximum atomic E-state index is 13.0. The minimum atomic E-state index is -0.896. The number of carboxylic acid groups (broad SMARTS) is 1. The molecule has 1 aliphatic heterocycles. The Labute approximate surface area is 157 Å². The molecule has 0 saturated heterocycles. The molecule has 0 aliphatic carbocycles. The van der Waals surface area contributed by atoms with Crippen LogP contribution in [0.15, 0.2) is 60.9 Å². The normalized spacial score (nSPS) is 16.1. The fourth-order valence-electron chi connectivity index (χ4n) is 3.85. The first kappa shape index (κ1) is 17.2. The third-order valence-corrected chi connectivity index (χ3v) is 5.16. The maximum absolute atomic E-state index is 13.0. The Balaban J connectivity index is 1.60. The molecule has 0 bridgehead atoms. The zero-order chi connectivity index (χ0) is 18.8. The molecule has 1 aromatic heterocycles. The highest BCUT2D eigenvalue weighted by molar-refractivity contribution is 5.85. The number of fused-ring (bicyclic) bond motifs is 2. The van der Waals surface area contributed by atoms with E-state index < -0.39 is 12.0 Å². The molecule has 2 heterocycles. The van der Waals surface area contributed by atoms with Crippen LogP contribution in [0.1, 0.15) is 29.2 Å². The number of hydrogen-bond donors (Lipinski definition) is 1. The van der Waals surface area contributed by atoms with E-state index in [-0.39, 0.29) is 18.7 Å². The Morgan fingerprint density at radius 3 is 2.81 bits per heavy atom. The zero-order valence-corrected chi connectivity index (χ0v) is 14.8. The first-order chi connectivity index (χ1) is 13.1. The Morgan fingerprint density at radius 2 is 1.96 bits per heavy atom. The predicted molar refractivity (Wildman–Crippen MR) is 102 cm³/mol. The van der Waals surface area contributed by atoms with Crippen LogP contribution in [-0.2, 0) is 22.4 Å². The average molecular weight is 360 g/mol. The summed E-state index contributed by atoms with van der Waals surface area (Å²) in [7, 11) is 0. The number of carbonyl (C=O) groups excluding carboxylic acids is 1. The molecule has 5 nitrogen and oxygen atoms in total. The highest BCUT2D eigenvalue weighted by Crippen LogP contribution is 2.32. The summed E-state index contributed by atoms with van der Waals surface area (Å²) in [4.78, 5) is 30.3. The molecular weight excluding hydrogens is 340 g/mol. The number of amides is 1. The summed E-state index contributed by atoms with van der Waals surface area (Å²) in [5.74, 6) is -0.933. The van der Waals surface area contributed by atoms with E-state index in [0.29, 0.717) is 6.54 Å². The van der Waals surface area contributed by atoms with Crippen LogP contribution in [0, 0.1) is 0 Å². The zero-order valence-electron chi connectivity index (χ0n) is 14.8. The van der Waals surface area contributed by atoms with Crippen molar-refractivity contribution in [3.8, 4) is 0 Å². The summed E-state index contributed by atoms with van der Waals surface area (Å²) in [6, 6.07) is 15.2. The molecule has 0 unspecified atom stereocenters. The maximum Gasteiger partial charge on any atom is 0.305 e. The standard InChI is InChI=1S/C22H20N2O3/c25-21(12-15-5-6-18-14-23-9-7-17(18)11-15)24-10-8-16-3-1-2-4-19(16)20(24)13-22(26)27/h1-7,9,11,14,20H,8,10,12-13H2,(H,26,27)/t20-/m1/s1. The number of benzene rings is 2. The van der Waals surface area contributed by atoms with Crippen molar-refractivity contribution < 1.29 is 14.7 Å². The van der Waals surface area contributed by atoms with Crippen LogP contribution in [0.2, 0.25) is 0 Å². The molecule has 2 aromatic carbocycles. The number of aromatic nitrogens is 1. The summed E-state index contributed by atoms with van der Waals surface area (Å²) in [5.41, 5.74) is 3.00. The monoisotopic (exact) mass is 360 g/mol. The minimum absolute atomic E-state index is 0.0378. The highest BCUT2D eigenvalue weighted by atomic mass is 16.4. The Bertz CT molecular complexity index is 1020. The number of carbonyl (C=O) groups is 2. The van der Waals surface area contributed by atoms with Crippen LogP contribution in [0.25, 0.3) is 10.8 Å². The van der Waals surface area contributed by atoms with E-state index in [1.807, 2.05) is 48.5 Å². The van der Waals surface area contributed by atoms with E-state index in [2.05, 4.69) is 4.98 Å². The van der Waals surface area contributed by atoms with Gasteiger partial charge < -0.3 is 10.0 Å². The lowest BCUT2D eigenvalue weighted by Gasteiger charge is -2.37. The minimum Gasteiger partial charge on any atom is -0.481 e. The summed E-state index contributed by atoms with van der Waals surface area (Å²) < 4.78 is 0. The van der Waals surface area contributed by atoms with Crippen LogP contribution < -0.4 is 0 Å². The van der Waals surface area contributed by atoms with Crippen molar-refractivity contribution in [2.45, 2.75) is 25.3 Å². The van der Waals surface area contributed by atoms with Gasteiger partial charge in [0.15, 0.2) is 0 Å². The molecule has 27 heavy (non-hydrogen) atoms. The van der Waals surface area contributed by atoms with Gasteiger partial charge in [-0.05, 0) is 34.6 Å². The lowest BCUT2D eigenvalue weighted by Crippen LogP contribution is -2.41. The van der Waals surface area contributed by atoms with Crippen molar-refractivity contribution in [3.05, 3.63) is 77.6 Å². The first-order valence-corrected chi connectivity index (χ1v) is 9.03. The van der Waals surface area contributed by atoms with Crippen LogP contribution in [0.4, 0.5) is 0 Å². The number of carboxylic acids is 1. The van der Waals surface area contributed by atoms with Gasteiger partial charge in [0, 0.05) is 24.3 Å². The molecular formula is C22H20N2O3. The fourth-order valence-corrected chi connectivity index (χ4v) is 3.85. The Morgan fingerprint density at radius 1 is 1.11 bits per heavy atom. The van der Waals surface area contributed by atoms with Crippen molar-refractivity contribution in [1.29, 1.82) is 0 Å². The SMILES string of the molecule is O=C(O)C[C@@H]1c2ccccc2CCN1C(=O)Cc1ccc2cnccc2c1. The van der Waals surface area contributed by atoms with Crippen molar-refractivity contribution in [1.82, 2.24) is 9.88 Å². The van der Waals surface area contributed by atoms with Gasteiger partial charge in [-0.3, -0.25) is 14.6 Å². The smallest absolute Gasteiger partial charge is 0.305 e. The molecule has 1 N–H and O–H groups in total. The highest BCUT2D eigenvalue weighted by Gasteiger charge is 2.32. The summed E-state index contributed by atoms with van der Waals surface area (Å²) >= 11 is 0. The molecule has 0 spiro atoms. The lowest BCUT2D eigenvalue weighted by molar-refractivity contribution is -0.141. The van der Waals surface area contributed by atoms with Crippen LogP contribution >= 0.6 is 0 Å². The molecule has 4 rings (SSSR count). The first-order valence-electron chi connectivity index (χ1n) is 9.03. The third kappa shape index (κ3) is 3.53. The van der Waals surface area contributed by atoms with Crippen LogP contribution in [0.5, 0.6) is 0 Å². The van der Waals surface area contributed by atoms with E-state index in [0.717, 1.165) is 33.9 Å². The van der Waals surface area contributed by atoms with Gasteiger partial charge in [0.05, 0.1) is 18.9 Å². The second-order valence-electron chi connectivity index (χ2n) is 6.88. The fraction of sp³-hybridized carbons (Fsp3) is 0.227. The average Bonchev–Trinajstić information content (AvgIpc) is 2.67. The van der Waals surface area contributed by atoms with E-state index in [9.17, 15) is 14.7 Å². The number of nitrogens with zero attached hydrogens (tertiary/aromatic N) is 2. The molecule has 5 heteroatoms. The number of rotatable bonds is 4. The molecule has 0 saturated carbocycles. The summed E-state index contributed by atoms with van der Waals surface area (Å²) in [6.07, 6.45) is 4.47. The molecule has 1 aliphatic rings. The van der Waals surface area contributed by atoms with Crippen molar-refractivity contribution in [2.24, 2.45) is 0 Å². The molecule has 3 aromatic rings. The van der Waals surface area contributed by atoms with Gasteiger partial charge in [0.25, 0.3) is 0 Å². The van der Waals surface area contributed by atoms with Crippen LogP contribution in [-0.4, -0.2) is 33.4 Å². The number of hydrogen-bond acceptors (Lipinski definition) is 3. The predicted octanol–water partition coefficient (Wildman–Crippen LogP) is 3.38. The quantitative estimate of drug-likeness (QED) is 0.774. The van der Waals surface area contributed by atoms with Crippen molar-refractivity contribution in [3.63, 3.8) is 0 Å². The molecule has 0 fully saturated rings. The number of aliphatic carboxylic acids is 1. The molecule has 1 amide bonds. The summed E-state index contributed by atoms with van der Waals surface area (Å²) in [5, 5.41) is 11.4. The molecule has 136 valence electrons. The van der Waals surface area contributed by atoms with E-state index in [1.54, 1.807) is 17.3 Å². The van der Waals surface area contributed by atoms with Crippen molar-refractivity contribution >= 4 is 22.6 Å². The van der Waals surface area contributed by atoms with E-state index in [1.165, 1.54) is 0 Å². The van der Waals surface area contributed by atoms with Gasteiger partial charge in [-0.2, -0.15) is 0 Å². The third-order valence-electron chi connectivity index (χ3n) is 5.16.